The van der Waals surface area contributed by atoms with Crippen molar-refractivity contribution in [3.8, 4) is 5.75 Å². The summed E-state index contributed by atoms with van der Waals surface area (Å²) in [5, 5.41) is 2.99. The van der Waals surface area contributed by atoms with E-state index in [0.717, 1.165) is 36.5 Å². The third-order valence-electron chi connectivity index (χ3n) is 4.75. The summed E-state index contributed by atoms with van der Waals surface area (Å²) in [5.41, 5.74) is 3.25. The smallest absolute Gasteiger partial charge is 0.224 e. The minimum absolute atomic E-state index is 0.0459. The van der Waals surface area contributed by atoms with E-state index in [-0.39, 0.29) is 5.91 Å². The summed E-state index contributed by atoms with van der Waals surface area (Å²) >= 11 is 0. The largest absolute Gasteiger partial charge is 0.494 e. The van der Waals surface area contributed by atoms with Gasteiger partial charge in [0.05, 0.1) is 6.61 Å². The number of amides is 1. The second-order valence-electron chi connectivity index (χ2n) is 6.72. The van der Waals surface area contributed by atoms with Gasteiger partial charge in [0.2, 0.25) is 5.91 Å². The molecule has 4 heteroatoms. The lowest BCUT2D eigenvalue weighted by atomic mass is 10.1. The number of anilines is 2. The molecule has 0 bridgehead atoms. The molecule has 2 aromatic rings. The zero-order valence-corrected chi connectivity index (χ0v) is 15.5. The number of ether oxygens (including phenoxy) is 1. The first-order valence-corrected chi connectivity index (χ1v) is 9.61. The van der Waals surface area contributed by atoms with Gasteiger partial charge in [-0.3, -0.25) is 4.79 Å². The molecular weight excluding hydrogens is 324 g/mol. The molecule has 0 unspecified atom stereocenters. The van der Waals surface area contributed by atoms with Crippen LogP contribution in [0, 0.1) is 0 Å². The standard InChI is InChI=1S/C22H28N2O2/c1-2-26-21-13-6-18(7-14-21)8-15-22(25)23-19-9-11-20(12-10-19)24-16-4-3-5-17-24/h6-7,9-14H,2-5,8,15-17H2,1H3,(H,23,25). The highest BCUT2D eigenvalue weighted by atomic mass is 16.5. The average Bonchev–Trinajstić information content (AvgIpc) is 2.69. The van der Waals surface area contributed by atoms with Crippen molar-refractivity contribution in [2.45, 2.75) is 39.0 Å². The summed E-state index contributed by atoms with van der Waals surface area (Å²) in [5.74, 6) is 0.916. The van der Waals surface area contributed by atoms with Gasteiger partial charge in [-0.15, -0.1) is 0 Å². The Kier molecular flexibility index (Phi) is 6.53. The highest BCUT2D eigenvalue weighted by molar-refractivity contribution is 5.91. The lowest BCUT2D eigenvalue weighted by molar-refractivity contribution is -0.116. The van der Waals surface area contributed by atoms with Crippen molar-refractivity contribution < 1.29 is 9.53 Å². The van der Waals surface area contributed by atoms with Crippen LogP contribution in [0.25, 0.3) is 0 Å². The Morgan fingerprint density at radius 3 is 2.35 bits per heavy atom. The molecule has 0 atom stereocenters. The third kappa shape index (κ3) is 5.25. The molecule has 1 aliphatic rings. The van der Waals surface area contributed by atoms with Crippen LogP contribution in [0.15, 0.2) is 48.5 Å². The highest BCUT2D eigenvalue weighted by Crippen LogP contribution is 2.22. The number of hydrogen-bond donors (Lipinski definition) is 1. The van der Waals surface area contributed by atoms with E-state index in [1.54, 1.807) is 0 Å². The molecule has 1 heterocycles. The first kappa shape index (κ1) is 18.3. The topological polar surface area (TPSA) is 41.6 Å². The Labute approximate surface area is 156 Å². The van der Waals surface area contributed by atoms with E-state index in [0.29, 0.717) is 13.0 Å². The predicted octanol–water partition coefficient (Wildman–Crippen LogP) is 4.65. The number of carbonyl (C=O) groups is 1. The van der Waals surface area contributed by atoms with E-state index in [1.165, 1.54) is 24.9 Å². The summed E-state index contributed by atoms with van der Waals surface area (Å²) in [6, 6.07) is 16.2. The summed E-state index contributed by atoms with van der Waals surface area (Å²) in [6.45, 7) is 4.90. The Hall–Kier alpha value is -2.49. The summed E-state index contributed by atoms with van der Waals surface area (Å²) in [4.78, 5) is 14.6. The molecule has 26 heavy (non-hydrogen) atoms. The Balaban J connectivity index is 1.46. The fourth-order valence-corrected chi connectivity index (χ4v) is 3.31. The van der Waals surface area contributed by atoms with Crippen LogP contribution in [-0.4, -0.2) is 25.6 Å². The van der Waals surface area contributed by atoms with E-state index in [4.69, 9.17) is 4.74 Å². The van der Waals surface area contributed by atoms with Gasteiger partial charge in [-0.2, -0.15) is 0 Å². The molecule has 1 aliphatic heterocycles. The van der Waals surface area contributed by atoms with Crippen molar-refractivity contribution >= 4 is 17.3 Å². The number of hydrogen-bond acceptors (Lipinski definition) is 3. The molecule has 0 aliphatic carbocycles. The van der Waals surface area contributed by atoms with Gasteiger partial charge in [-0.05, 0) is 74.6 Å². The lowest BCUT2D eigenvalue weighted by Crippen LogP contribution is -2.29. The number of nitrogens with zero attached hydrogens (tertiary/aromatic N) is 1. The van der Waals surface area contributed by atoms with Crippen molar-refractivity contribution in [3.63, 3.8) is 0 Å². The van der Waals surface area contributed by atoms with Crippen LogP contribution in [-0.2, 0) is 11.2 Å². The van der Waals surface area contributed by atoms with Gasteiger partial charge in [-0.1, -0.05) is 12.1 Å². The fourth-order valence-electron chi connectivity index (χ4n) is 3.31. The van der Waals surface area contributed by atoms with Crippen LogP contribution in [0.3, 0.4) is 0 Å². The SMILES string of the molecule is CCOc1ccc(CCC(=O)Nc2ccc(N3CCCCC3)cc2)cc1. The lowest BCUT2D eigenvalue weighted by Gasteiger charge is -2.28. The molecule has 1 saturated heterocycles. The zero-order chi connectivity index (χ0) is 18.2. The van der Waals surface area contributed by atoms with Crippen molar-refractivity contribution in [1.82, 2.24) is 0 Å². The van der Waals surface area contributed by atoms with Crippen LogP contribution >= 0.6 is 0 Å². The Morgan fingerprint density at radius 1 is 1.00 bits per heavy atom. The van der Waals surface area contributed by atoms with Crippen LogP contribution in [0.2, 0.25) is 0 Å². The second kappa shape index (κ2) is 9.27. The Morgan fingerprint density at radius 2 is 1.69 bits per heavy atom. The van der Waals surface area contributed by atoms with Crippen molar-refractivity contribution in [3.05, 3.63) is 54.1 Å². The van der Waals surface area contributed by atoms with E-state index in [9.17, 15) is 4.79 Å². The third-order valence-corrected chi connectivity index (χ3v) is 4.75. The van der Waals surface area contributed by atoms with Gasteiger partial charge >= 0.3 is 0 Å². The summed E-state index contributed by atoms with van der Waals surface area (Å²) in [7, 11) is 0. The number of nitrogens with one attached hydrogen (secondary N) is 1. The van der Waals surface area contributed by atoms with Crippen LogP contribution < -0.4 is 15.0 Å². The second-order valence-corrected chi connectivity index (χ2v) is 6.72. The fraction of sp³-hybridized carbons (Fsp3) is 0.409. The van der Waals surface area contributed by atoms with Crippen molar-refractivity contribution in [2.24, 2.45) is 0 Å². The van der Waals surface area contributed by atoms with Crippen LogP contribution in [0.1, 0.15) is 38.2 Å². The van der Waals surface area contributed by atoms with Gasteiger partial charge in [0.25, 0.3) is 0 Å². The maximum absolute atomic E-state index is 12.2. The maximum atomic E-state index is 12.2. The molecule has 3 rings (SSSR count). The molecule has 138 valence electrons. The van der Waals surface area contributed by atoms with Gasteiger partial charge in [0.1, 0.15) is 5.75 Å². The number of benzene rings is 2. The number of rotatable bonds is 7. The highest BCUT2D eigenvalue weighted by Gasteiger charge is 2.11. The van der Waals surface area contributed by atoms with E-state index in [1.807, 2.05) is 43.3 Å². The summed E-state index contributed by atoms with van der Waals surface area (Å²) < 4.78 is 5.44. The minimum atomic E-state index is 0.0459. The molecule has 4 nitrogen and oxygen atoms in total. The van der Waals surface area contributed by atoms with Crippen molar-refractivity contribution in [2.75, 3.05) is 29.9 Å². The molecule has 0 aromatic heterocycles. The molecule has 1 N–H and O–H groups in total. The van der Waals surface area contributed by atoms with E-state index in [2.05, 4.69) is 22.3 Å². The maximum Gasteiger partial charge on any atom is 0.224 e. The van der Waals surface area contributed by atoms with E-state index >= 15 is 0 Å². The monoisotopic (exact) mass is 352 g/mol. The number of piperidine rings is 1. The van der Waals surface area contributed by atoms with Gasteiger partial charge < -0.3 is 15.0 Å². The minimum Gasteiger partial charge on any atom is -0.494 e. The average molecular weight is 352 g/mol. The predicted molar refractivity (Wildman–Crippen MR) is 107 cm³/mol. The zero-order valence-electron chi connectivity index (χ0n) is 15.5. The van der Waals surface area contributed by atoms with Gasteiger partial charge in [0, 0.05) is 30.9 Å². The molecule has 0 spiro atoms. The summed E-state index contributed by atoms with van der Waals surface area (Å²) in [6.07, 6.45) is 5.07. The van der Waals surface area contributed by atoms with Crippen LogP contribution in [0.5, 0.6) is 5.75 Å². The molecule has 2 aromatic carbocycles. The molecule has 0 radical (unpaired) electrons. The van der Waals surface area contributed by atoms with Gasteiger partial charge in [0.15, 0.2) is 0 Å². The van der Waals surface area contributed by atoms with Gasteiger partial charge in [-0.25, -0.2) is 0 Å². The normalized spacial score (nSPS) is 14.1. The first-order chi connectivity index (χ1) is 12.7. The molecule has 1 fully saturated rings. The quantitative estimate of drug-likeness (QED) is 0.789. The van der Waals surface area contributed by atoms with E-state index < -0.39 is 0 Å². The molecular formula is C22H28N2O2. The number of carbonyl (C=O) groups excluding carboxylic acids is 1. The van der Waals surface area contributed by atoms with Crippen molar-refractivity contribution in [1.29, 1.82) is 0 Å². The molecule has 1 amide bonds. The number of aryl methyl sites for hydroxylation is 1. The molecule has 0 saturated carbocycles. The first-order valence-electron chi connectivity index (χ1n) is 9.61. The van der Waals surface area contributed by atoms with Crippen LogP contribution in [0.4, 0.5) is 11.4 Å². The Bertz CT molecular complexity index is 689.